The molecule has 1 atom stereocenters. The van der Waals surface area contributed by atoms with Gasteiger partial charge in [0.05, 0.1) is 0 Å². The average molecular weight is 267 g/mol. The molecule has 1 unspecified atom stereocenters. The predicted octanol–water partition coefficient (Wildman–Crippen LogP) is 4.80. The highest BCUT2D eigenvalue weighted by Gasteiger charge is 2.00. The smallest absolute Gasteiger partial charge is 0.00362 e. The van der Waals surface area contributed by atoms with Crippen molar-refractivity contribution in [2.24, 2.45) is 5.73 Å². The van der Waals surface area contributed by atoms with Gasteiger partial charge in [0.25, 0.3) is 0 Å². The van der Waals surface area contributed by atoms with Crippen LogP contribution in [0.5, 0.6) is 0 Å². The van der Waals surface area contributed by atoms with E-state index < -0.39 is 0 Å². The Balaban J connectivity index is 1.83. The number of hydrogen-bond acceptors (Lipinski definition) is 1. The van der Waals surface area contributed by atoms with Crippen molar-refractivity contribution in [2.45, 2.75) is 45.1 Å². The molecule has 106 valence electrons. The van der Waals surface area contributed by atoms with Crippen molar-refractivity contribution in [2.75, 3.05) is 0 Å². The summed E-state index contributed by atoms with van der Waals surface area (Å²) in [7, 11) is 0. The number of benzene rings is 2. The van der Waals surface area contributed by atoms with Crippen LogP contribution >= 0.6 is 0 Å². The molecule has 0 spiro atoms. The molecule has 2 aromatic rings. The van der Waals surface area contributed by atoms with E-state index in [1.54, 1.807) is 0 Å². The van der Waals surface area contributed by atoms with E-state index in [1.165, 1.54) is 29.5 Å². The van der Waals surface area contributed by atoms with Crippen LogP contribution in [-0.4, -0.2) is 6.04 Å². The van der Waals surface area contributed by atoms with E-state index >= 15 is 0 Å². The molecular formula is C19H25N. The lowest BCUT2D eigenvalue weighted by Gasteiger charge is -2.08. The van der Waals surface area contributed by atoms with Gasteiger partial charge in [-0.15, -0.1) is 0 Å². The Hall–Kier alpha value is -1.60. The van der Waals surface area contributed by atoms with Gasteiger partial charge in [0, 0.05) is 6.04 Å². The molecule has 0 heterocycles. The van der Waals surface area contributed by atoms with Crippen molar-refractivity contribution in [3.63, 3.8) is 0 Å². The lowest BCUT2D eigenvalue weighted by molar-refractivity contribution is 0.551. The van der Waals surface area contributed by atoms with Crippen molar-refractivity contribution in [1.82, 2.24) is 0 Å². The Morgan fingerprint density at radius 3 is 2.15 bits per heavy atom. The molecule has 0 saturated heterocycles. The second kappa shape index (κ2) is 7.86. The number of rotatable bonds is 7. The van der Waals surface area contributed by atoms with Crippen molar-refractivity contribution in [1.29, 1.82) is 0 Å². The summed E-state index contributed by atoms with van der Waals surface area (Å²) >= 11 is 0. The summed E-state index contributed by atoms with van der Waals surface area (Å²) in [6, 6.07) is 19.9. The fourth-order valence-corrected chi connectivity index (χ4v) is 2.43. The fourth-order valence-electron chi connectivity index (χ4n) is 2.43. The quantitative estimate of drug-likeness (QED) is 0.716. The highest BCUT2D eigenvalue weighted by atomic mass is 14.6. The Bertz CT molecular complexity index is 487. The first-order valence-corrected chi connectivity index (χ1v) is 7.69. The summed E-state index contributed by atoms with van der Waals surface area (Å²) in [6.45, 7) is 2.16. The molecule has 2 aromatic carbocycles. The molecule has 1 heteroatoms. The summed E-state index contributed by atoms with van der Waals surface area (Å²) in [6.07, 6.45) is 5.86. The fraction of sp³-hybridized carbons (Fsp3) is 0.368. The first-order chi connectivity index (χ1) is 9.79. The van der Waals surface area contributed by atoms with Crippen LogP contribution in [-0.2, 0) is 6.42 Å². The molecule has 0 fully saturated rings. The molecule has 20 heavy (non-hydrogen) atoms. The summed E-state index contributed by atoms with van der Waals surface area (Å²) < 4.78 is 0. The van der Waals surface area contributed by atoms with E-state index in [0.717, 1.165) is 19.3 Å². The van der Waals surface area contributed by atoms with Gasteiger partial charge in [-0.25, -0.2) is 0 Å². The average Bonchev–Trinajstić information content (AvgIpc) is 2.52. The molecule has 0 aromatic heterocycles. The minimum atomic E-state index is 0.385. The van der Waals surface area contributed by atoms with Crippen molar-refractivity contribution in [3.8, 4) is 11.1 Å². The zero-order valence-corrected chi connectivity index (χ0v) is 12.4. The van der Waals surface area contributed by atoms with Gasteiger partial charge in [0.2, 0.25) is 0 Å². The Morgan fingerprint density at radius 2 is 1.50 bits per heavy atom. The van der Waals surface area contributed by atoms with Gasteiger partial charge in [-0.3, -0.25) is 0 Å². The van der Waals surface area contributed by atoms with Crippen LogP contribution < -0.4 is 5.73 Å². The number of nitrogens with two attached hydrogens (primary N) is 1. The van der Waals surface area contributed by atoms with Crippen molar-refractivity contribution in [3.05, 3.63) is 60.2 Å². The van der Waals surface area contributed by atoms with E-state index in [-0.39, 0.29) is 0 Å². The maximum absolute atomic E-state index is 5.94. The van der Waals surface area contributed by atoms with Gasteiger partial charge in [0.15, 0.2) is 0 Å². The zero-order chi connectivity index (χ0) is 14.2. The predicted molar refractivity (Wildman–Crippen MR) is 87.7 cm³/mol. The van der Waals surface area contributed by atoms with Crippen LogP contribution in [0.3, 0.4) is 0 Å². The SMILES string of the molecule is CCC(N)CCCCc1ccc(-c2ccccc2)cc1. The lowest BCUT2D eigenvalue weighted by Crippen LogP contribution is -2.17. The molecule has 0 radical (unpaired) electrons. The third kappa shape index (κ3) is 4.50. The first kappa shape index (κ1) is 14.8. The Kier molecular flexibility index (Phi) is 5.82. The first-order valence-electron chi connectivity index (χ1n) is 7.69. The highest BCUT2D eigenvalue weighted by molar-refractivity contribution is 5.63. The van der Waals surface area contributed by atoms with Crippen molar-refractivity contribution < 1.29 is 0 Å². The molecule has 2 rings (SSSR count). The van der Waals surface area contributed by atoms with Crippen LogP contribution in [0.1, 0.15) is 38.2 Å². The summed E-state index contributed by atoms with van der Waals surface area (Å²) in [4.78, 5) is 0. The van der Waals surface area contributed by atoms with Crippen molar-refractivity contribution >= 4 is 0 Å². The summed E-state index contributed by atoms with van der Waals surface area (Å²) in [5.74, 6) is 0. The molecular weight excluding hydrogens is 242 g/mol. The van der Waals surface area contributed by atoms with E-state index in [0.29, 0.717) is 6.04 Å². The molecule has 0 aliphatic heterocycles. The van der Waals surface area contributed by atoms with Gasteiger partial charge in [0.1, 0.15) is 0 Å². The van der Waals surface area contributed by atoms with Gasteiger partial charge in [-0.05, 0) is 42.4 Å². The maximum atomic E-state index is 5.94. The van der Waals surface area contributed by atoms with Gasteiger partial charge in [-0.1, -0.05) is 67.9 Å². The summed E-state index contributed by atoms with van der Waals surface area (Å²) in [5.41, 5.74) is 9.94. The van der Waals surface area contributed by atoms with Crippen LogP contribution in [0, 0.1) is 0 Å². The van der Waals surface area contributed by atoms with Gasteiger partial charge >= 0.3 is 0 Å². The lowest BCUT2D eigenvalue weighted by atomic mass is 10.0. The topological polar surface area (TPSA) is 26.0 Å². The van der Waals surface area contributed by atoms with Crippen LogP contribution in [0.25, 0.3) is 11.1 Å². The standard InChI is InChI=1S/C19H25N/c1-2-19(20)11-7-6-8-16-12-14-18(15-13-16)17-9-4-3-5-10-17/h3-5,9-10,12-15,19H,2,6-8,11,20H2,1H3. The molecule has 0 aliphatic carbocycles. The van der Waals surface area contributed by atoms with Gasteiger partial charge in [-0.2, -0.15) is 0 Å². The third-order valence-corrected chi connectivity index (χ3v) is 3.88. The number of hydrogen-bond donors (Lipinski definition) is 1. The molecule has 0 amide bonds. The van der Waals surface area contributed by atoms with E-state index in [1.807, 2.05) is 0 Å². The Labute approximate surface area is 122 Å². The normalized spacial score (nSPS) is 12.3. The second-order valence-corrected chi connectivity index (χ2v) is 5.48. The molecule has 0 aliphatic rings. The zero-order valence-electron chi connectivity index (χ0n) is 12.4. The molecule has 2 N–H and O–H groups in total. The second-order valence-electron chi connectivity index (χ2n) is 5.48. The minimum absolute atomic E-state index is 0.385. The van der Waals surface area contributed by atoms with Crippen LogP contribution in [0.2, 0.25) is 0 Å². The number of aryl methyl sites for hydroxylation is 1. The number of unbranched alkanes of at least 4 members (excludes halogenated alkanes) is 1. The third-order valence-electron chi connectivity index (χ3n) is 3.88. The summed E-state index contributed by atoms with van der Waals surface area (Å²) in [5, 5.41) is 0. The minimum Gasteiger partial charge on any atom is -0.328 e. The van der Waals surface area contributed by atoms with Crippen LogP contribution in [0.15, 0.2) is 54.6 Å². The molecule has 0 saturated carbocycles. The molecule has 1 nitrogen and oxygen atoms in total. The van der Waals surface area contributed by atoms with Gasteiger partial charge < -0.3 is 5.73 Å². The maximum Gasteiger partial charge on any atom is 0.00362 e. The molecule has 0 bridgehead atoms. The Morgan fingerprint density at radius 1 is 0.850 bits per heavy atom. The van der Waals surface area contributed by atoms with E-state index in [2.05, 4.69) is 61.5 Å². The highest BCUT2D eigenvalue weighted by Crippen LogP contribution is 2.20. The monoisotopic (exact) mass is 267 g/mol. The van der Waals surface area contributed by atoms with Crippen LogP contribution in [0.4, 0.5) is 0 Å². The van der Waals surface area contributed by atoms with E-state index in [4.69, 9.17) is 5.73 Å². The van der Waals surface area contributed by atoms with E-state index in [9.17, 15) is 0 Å². The largest absolute Gasteiger partial charge is 0.328 e.